The molecular weight excluding hydrogens is 224 g/mol. The summed E-state index contributed by atoms with van der Waals surface area (Å²) in [6.45, 7) is 4.39. The van der Waals surface area contributed by atoms with Crippen molar-refractivity contribution < 1.29 is 24.4 Å². The van der Waals surface area contributed by atoms with Crippen LogP contribution in [0.3, 0.4) is 0 Å². The molecular formula is C12H24O5. The first-order valence-electron chi connectivity index (χ1n) is 6.35. The largest absolute Gasteiger partial charge is 0.394 e. The van der Waals surface area contributed by atoms with Gasteiger partial charge in [-0.1, -0.05) is 13.3 Å². The zero-order valence-electron chi connectivity index (χ0n) is 10.7. The fourth-order valence-electron chi connectivity index (χ4n) is 1.67. The molecule has 0 amide bonds. The lowest BCUT2D eigenvalue weighted by atomic mass is 10.2. The highest BCUT2D eigenvalue weighted by molar-refractivity contribution is 4.72. The third kappa shape index (κ3) is 5.31. The van der Waals surface area contributed by atoms with Crippen LogP contribution in [-0.4, -0.2) is 54.6 Å². The van der Waals surface area contributed by atoms with Crippen molar-refractivity contribution in [3.05, 3.63) is 0 Å². The maximum Gasteiger partial charge on any atom is 0.158 e. The van der Waals surface area contributed by atoms with Gasteiger partial charge in [0.05, 0.1) is 25.9 Å². The number of hydrogen-bond donors (Lipinski definition) is 2. The van der Waals surface area contributed by atoms with Crippen LogP contribution in [0.1, 0.15) is 33.1 Å². The van der Waals surface area contributed by atoms with Crippen LogP contribution < -0.4 is 0 Å². The highest BCUT2D eigenvalue weighted by Crippen LogP contribution is 2.20. The van der Waals surface area contributed by atoms with Crippen molar-refractivity contribution in [2.24, 2.45) is 0 Å². The van der Waals surface area contributed by atoms with E-state index in [9.17, 15) is 5.11 Å². The van der Waals surface area contributed by atoms with Crippen molar-refractivity contribution in [2.45, 2.75) is 57.7 Å². The van der Waals surface area contributed by atoms with Crippen LogP contribution in [0.15, 0.2) is 0 Å². The van der Waals surface area contributed by atoms with Crippen LogP contribution in [0, 0.1) is 0 Å². The molecule has 4 atom stereocenters. The topological polar surface area (TPSA) is 68.2 Å². The van der Waals surface area contributed by atoms with Crippen molar-refractivity contribution in [3.63, 3.8) is 0 Å². The second-order valence-corrected chi connectivity index (χ2v) is 4.45. The van der Waals surface area contributed by atoms with Crippen LogP contribution >= 0.6 is 0 Å². The molecule has 0 aromatic carbocycles. The third-order valence-electron chi connectivity index (χ3n) is 2.85. The van der Waals surface area contributed by atoms with Gasteiger partial charge in [0.1, 0.15) is 12.2 Å². The van der Waals surface area contributed by atoms with Crippen LogP contribution in [0.2, 0.25) is 0 Å². The van der Waals surface area contributed by atoms with Gasteiger partial charge >= 0.3 is 0 Å². The molecule has 1 aliphatic rings. The third-order valence-corrected chi connectivity index (χ3v) is 2.85. The zero-order chi connectivity index (χ0) is 12.7. The summed E-state index contributed by atoms with van der Waals surface area (Å²) in [5.41, 5.74) is 0. The summed E-state index contributed by atoms with van der Waals surface area (Å²) in [5.74, 6) is 0. The lowest BCUT2D eigenvalue weighted by Gasteiger charge is -2.20. The summed E-state index contributed by atoms with van der Waals surface area (Å²) >= 11 is 0. The Bertz CT molecular complexity index is 199. The fraction of sp³-hybridized carbons (Fsp3) is 1.00. The van der Waals surface area contributed by atoms with Gasteiger partial charge in [0.25, 0.3) is 0 Å². The number of aliphatic hydroxyl groups excluding tert-OH is 2. The predicted octanol–water partition coefficient (Wildman–Crippen LogP) is 0.676. The predicted molar refractivity (Wildman–Crippen MR) is 62.6 cm³/mol. The average molecular weight is 248 g/mol. The summed E-state index contributed by atoms with van der Waals surface area (Å²) in [6.07, 6.45) is 1.98. The molecule has 2 unspecified atom stereocenters. The highest BCUT2D eigenvalue weighted by atomic mass is 16.7. The van der Waals surface area contributed by atoms with E-state index in [1.165, 1.54) is 0 Å². The van der Waals surface area contributed by atoms with Crippen molar-refractivity contribution >= 4 is 0 Å². The molecule has 0 spiro atoms. The molecule has 5 heteroatoms. The Kier molecular flexibility index (Phi) is 6.99. The Morgan fingerprint density at radius 3 is 2.88 bits per heavy atom. The van der Waals surface area contributed by atoms with Gasteiger partial charge in [-0.3, -0.25) is 0 Å². The van der Waals surface area contributed by atoms with Gasteiger partial charge in [-0.2, -0.15) is 0 Å². The fourth-order valence-corrected chi connectivity index (χ4v) is 1.67. The van der Waals surface area contributed by atoms with E-state index in [0.29, 0.717) is 6.61 Å². The van der Waals surface area contributed by atoms with Crippen molar-refractivity contribution in [1.29, 1.82) is 0 Å². The van der Waals surface area contributed by atoms with Gasteiger partial charge in [0.15, 0.2) is 6.29 Å². The Hall–Kier alpha value is -0.200. The molecule has 0 aliphatic carbocycles. The van der Waals surface area contributed by atoms with E-state index in [2.05, 4.69) is 6.92 Å². The van der Waals surface area contributed by atoms with E-state index in [1.54, 1.807) is 0 Å². The molecule has 0 aromatic rings. The molecule has 1 heterocycles. The second kappa shape index (κ2) is 8.00. The van der Waals surface area contributed by atoms with Gasteiger partial charge in [0, 0.05) is 0 Å². The minimum absolute atomic E-state index is 0.0808. The van der Waals surface area contributed by atoms with Gasteiger partial charge < -0.3 is 24.4 Å². The van der Waals surface area contributed by atoms with E-state index in [0.717, 1.165) is 19.3 Å². The quantitative estimate of drug-likeness (QED) is 0.661. The minimum Gasteiger partial charge on any atom is -0.394 e. The molecule has 0 aromatic heterocycles. The van der Waals surface area contributed by atoms with Gasteiger partial charge in [0.2, 0.25) is 0 Å². The first-order chi connectivity index (χ1) is 8.17. The molecule has 1 aliphatic heterocycles. The van der Waals surface area contributed by atoms with E-state index < -0.39 is 6.10 Å². The van der Waals surface area contributed by atoms with E-state index in [-0.39, 0.29) is 31.7 Å². The molecule has 0 saturated carbocycles. The summed E-state index contributed by atoms with van der Waals surface area (Å²) in [5, 5.41) is 17.8. The van der Waals surface area contributed by atoms with E-state index in [1.807, 2.05) is 6.92 Å². The van der Waals surface area contributed by atoms with Gasteiger partial charge in [-0.25, -0.2) is 0 Å². The SMILES string of the molecule is CCCCC1OCC([C@H](C)OC[C@@H](O)CO)O1. The lowest BCUT2D eigenvalue weighted by molar-refractivity contribution is -0.105. The van der Waals surface area contributed by atoms with Crippen molar-refractivity contribution in [2.75, 3.05) is 19.8 Å². The normalized spacial score (nSPS) is 28.2. The highest BCUT2D eigenvalue weighted by Gasteiger charge is 2.30. The molecule has 1 saturated heterocycles. The maximum absolute atomic E-state index is 9.17. The minimum atomic E-state index is -0.823. The molecule has 1 rings (SSSR count). The summed E-state index contributed by atoms with van der Waals surface area (Å²) in [6, 6.07) is 0. The number of unbranched alkanes of at least 4 members (excludes halogenated alkanes) is 1. The number of hydrogen-bond acceptors (Lipinski definition) is 5. The standard InChI is InChI=1S/C12H24O5/c1-3-4-5-12-16-8-11(17-12)9(2)15-7-10(14)6-13/h9-14H,3-8H2,1-2H3/t9-,10-,11?,12?/m0/s1. The van der Waals surface area contributed by atoms with Crippen LogP contribution in [0.4, 0.5) is 0 Å². The average Bonchev–Trinajstić information content (AvgIpc) is 2.81. The molecule has 0 bridgehead atoms. The maximum atomic E-state index is 9.17. The molecule has 2 N–H and O–H groups in total. The monoisotopic (exact) mass is 248 g/mol. The number of rotatable bonds is 8. The molecule has 102 valence electrons. The Labute approximate surface area is 103 Å². The molecule has 1 fully saturated rings. The van der Waals surface area contributed by atoms with Crippen molar-refractivity contribution in [1.82, 2.24) is 0 Å². The Morgan fingerprint density at radius 2 is 2.24 bits per heavy atom. The van der Waals surface area contributed by atoms with Crippen LogP contribution in [0.5, 0.6) is 0 Å². The van der Waals surface area contributed by atoms with E-state index >= 15 is 0 Å². The summed E-state index contributed by atoms with van der Waals surface area (Å²) in [4.78, 5) is 0. The molecule has 0 radical (unpaired) electrons. The molecule has 17 heavy (non-hydrogen) atoms. The number of aliphatic hydroxyl groups is 2. The van der Waals surface area contributed by atoms with Crippen LogP contribution in [-0.2, 0) is 14.2 Å². The summed E-state index contributed by atoms with van der Waals surface area (Å²) in [7, 11) is 0. The van der Waals surface area contributed by atoms with Gasteiger partial charge in [-0.05, 0) is 19.8 Å². The lowest BCUT2D eigenvalue weighted by Crippen LogP contribution is -2.32. The first-order valence-corrected chi connectivity index (χ1v) is 6.35. The Balaban J connectivity index is 2.18. The van der Waals surface area contributed by atoms with Crippen LogP contribution in [0.25, 0.3) is 0 Å². The molecule has 5 nitrogen and oxygen atoms in total. The Morgan fingerprint density at radius 1 is 1.47 bits per heavy atom. The van der Waals surface area contributed by atoms with E-state index in [4.69, 9.17) is 19.3 Å². The second-order valence-electron chi connectivity index (χ2n) is 4.45. The first kappa shape index (κ1) is 14.9. The number of ether oxygens (including phenoxy) is 3. The van der Waals surface area contributed by atoms with Gasteiger partial charge in [-0.15, -0.1) is 0 Å². The zero-order valence-corrected chi connectivity index (χ0v) is 10.7. The smallest absolute Gasteiger partial charge is 0.158 e. The summed E-state index contributed by atoms with van der Waals surface area (Å²) < 4.78 is 16.6. The van der Waals surface area contributed by atoms with Crippen molar-refractivity contribution in [3.8, 4) is 0 Å².